The monoisotopic (exact) mass is 368 g/mol. The van der Waals surface area contributed by atoms with Crippen molar-refractivity contribution >= 4 is 28.8 Å². The molecule has 0 spiro atoms. The predicted molar refractivity (Wildman–Crippen MR) is 105 cm³/mol. The lowest BCUT2D eigenvalue weighted by Gasteiger charge is -2.41. The van der Waals surface area contributed by atoms with Gasteiger partial charge in [0, 0.05) is 24.3 Å². The zero-order chi connectivity index (χ0) is 17.9. The van der Waals surface area contributed by atoms with Gasteiger partial charge in [-0.05, 0) is 60.4 Å². The molecule has 2 atom stereocenters. The summed E-state index contributed by atoms with van der Waals surface area (Å²) < 4.78 is 0. The maximum Gasteiger partial charge on any atom is 0.265 e. The number of amides is 2. The molecule has 1 aliphatic heterocycles. The van der Waals surface area contributed by atoms with Crippen LogP contribution in [0.25, 0.3) is 0 Å². The lowest BCUT2D eigenvalue weighted by Crippen LogP contribution is -2.44. The molecule has 1 saturated carbocycles. The molecule has 0 radical (unpaired) electrons. The maximum absolute atomic E-state index is 12.8. The van der Waals surface area contributed by atoms with Gasteiger partial charge < -0.3 is 10.2 Å². The van der Waals surface area contributed by atoms with Crippen LogP contribution in [0.15, 0.2) is 41.8 Å². The molecule has 2 aliphatic rings. The van der Waals surface area contributed by atoms with Crippen LogP contribution in [0.1, 0.15) is 52.1 Å². The zero-order valence-electron chi connectivity index (χ0n) is 14.8. The van der Waals surface area contributed by atoms with Gasteiger partial charge in [-0.15, -0.1) is 11.3 Å². The predicted octanol–water partition coefficient (Wildman–Crippen LogP) is 4.65. The molecule has 0 unspecified atom stereocenters. The fraction of sp³-hybridized carbons (Fsp3) is 0.429. The van der Waals surface area contributed by atoms with Crippen LogP contribution < -0.4 is 5.32 Å². The molecule has 2 fully saturated rings. The van der Waals surface area contributed by atoms with Crippen molar-refractivity contribution < 1.29 is 9.59 Å². The van der Waals surface area contributed by atoms with Gasteiger partial charge in [0.05, 0.1) is 4.88 Å². The fourth-order valence-electron chi connectivity index (χ4n) is 4.26. The first kappa shape index (κ1) is 17.3. The molecular formula is C21H24N2O2S. The van der Waals surface area contributed by atoms with Gasteiger partial charge in [0.1, 0.15) is 0 Å². The van der Waals surface area contributed by atoms with Crippen LogP contribution in [0.2, 0.25) is 0 Å². The second-order valence-corrected chi connectivity index (χ2v) is 8.30. The summed E-state index contributed by atoms with van der Waals surface area (Å²) in [5.74, 6) is 1.51. The van der Waals surface area contributed by atoms with Crippen LogP contribution in [0.4, 0.5) is 5.69 Å². The fourth-order valence-corrected chi connectivity index (χ4v) is 4.88. The minimum absolute atomic E-state index is 0.113. The molecule has 0 bridgehead atoms. The average molecular weight is 369 g/mol. The normalized spacial score (nSPS) is 22.5. The van der Waals surface area contributed by atoms with E-state index in [1.807, 2.05) is 40.6 Å². The van der Waals surface area contributed by atoms with Crippen molar-refractivity contribution in [3.63, 3.8) is 0 Å². The highest BCUT2D eigenvalue weighted by atomic mass is 32.1. The first-order valence-corrected chi connectivity index (χ1v) is 10.3. The van der Waals surface area contributed by atoms with Crippen LogP contribution in [-0.4, -0.2) is 29.8 Å². The summed E-state index contributed by atoms with van der Waals surface area (Å²) in [5, 5.41) is 4.75. The Morgan fingerprint density at radius 2 is 1.77 bits per heavy atom. The lowest BCUT2D eigenvalue weighted by atomic mass is 9.75. The van der Waals surface area contributed by atoms with Gasteiger partial charge in [0.2, 0.25) is 0 Å². The Balaban J connectivity index is 1.38. The molecule has 1 saturated heterocycles. The van der Waals surface area contributed by atoms with E-state index >= 15 is 0 Å². The number of fused-ring (bicyclic) bond motifs is 1. The summed E-state index contributed by atoms with van der Waals surface area (Å²) in [6, 6.07) is 10.9. The van der Waals surface area contributed by atoms with Crippen LogP contribution in [0, 0.1) is 11.8 Å². The Labute approximate surface area is 158 Å². The van der Waals surface area contributed by atoms with E-state index in [2.05, 4.69) is 5.32 Å². The van der Waals surface area contributed by atoms with E-state index < -0.39 is 0 Å². The summed E-state index contributed by atoms with van der Waals surface area (Å²) in [7, 11) is 0. The quantitative estimate of drug-likeness (QED) is 0.857. The van der Waals surface area contributed by atoms with Crippen molar-refractivity contribution in [1.82, 2.24) is 4.90 Å². The van der Waals surface area contributed by atoms with Crippen LogP contribution >= 0.6 is 11.3 Å². The number of hydrogen-bond donors (Lipinski definition) is 1. The third kappa shape index (κ3) is 3.68. The van der Waals surface area contributed by atoms with Crippen molar-refractivity contribution in [3.8, 4) is 0 Å². The minimum Gasteiger partial charge on any atom is -0.338 e. The van der Waals surface area contributed by atoms with Gasteiger partial charge in [0.25, 0.3) is 11.8 Å². The summed E-state index contributed by atoms with van der Waals surface area (Å²) in [6.45, 7) is 1.78. The molecule has 1 aromatic carbocycles. The number of nitrogens with one attached hydrogen (secondary N) is 1. The first-order valence-electron chi connectivity index (χ1n) is 9.45. The number of benzene rings is 1. The topological polar surface area (TPSA) is 49.4 Å². The third-order valence-electron chi connectivity index (χ3n) is 5.71. The molecule has 4 rings (SSSR count). The molecular weight excluding hydrogens is 344 g/mol. The van der Waals surface area contributed by atoms with Crippen LogP contribution in [-0.2, 0) is 0 Å². The molecule has 2 aromatic rings. The number of carbonyl (C=O) groups is 2. The molecule has 26 heavy (non-hydrogen) atoms. The Morgan fingerprint density at radius 3 is 2.50 bits per heavy atom. The Morgan fingerprint density at radius 1 is 1.00 bits per heavy atom. The van der Waals surface area contributed by atoms with Crippen LogP contribution in [0.3, 0.4) is 0 Å². The van der Waals surface area contributed by atoms with E-state index in [0.717, 1.165) is 25.4 Å². The number of likely N-dealkylation sites (tertiary alicyclic amines) is 1. The van der Waals surface area contributed by atoms with E-state index in [-0.39, 0.29) is 11.8 Å². The Kier molecular flexibility index (Phi) is 5.07. The van der Waals surface area contributed by atoms with E-state index in [1.165, 1.54) is 37.0 Å². The van der Waals surface area contributed by atoms with Crippen LogP contribution in [0.5, 0.6) is 0 Å². The number of thiophene rings is 1. The second-order valence-electron chi connectivity index (χ2n) is 7.35. The summed E-state index contributed by atoms with van der Waals surface area (Å²) in [4.78, 5) is 27.6. The van der Waals surface area contributed by atoms with Gasteiger partial charge in [-0.25, -0.2) is 0 Å². The van der Waals surface area contributed by atoms with E-state index in [0.29, 0.717) is 22.0 Å². The molecule has 2 amide bonds. The maximum atomic E-state index is 12.8. The second kappa shape index (κ2) is 7.62. The SMILES string of the molecule is O=C(Nc1ccc(C(=O)N2CC[C@H]3CCCC[C@H]3C2)cc1)c1cccs1. The van der Waals surface area contributed by atoms with Crippen molar-refractivity contribution in [1.29, 1.82) is 0 Å². The average Bonchev–Trinajstić information content (AvgIpc) is 3.23. The van der Waals surface area contributed by atoms with Gasteiger partial charge in [-0.3, -0.25) is 9.59 Å². The number of rotatable bonds is 3. The molecule has 2 heterocycles. The van der Waals surface area contributed by atoms with Crippen molar-refractivity contribution in [2.45, 2.75) is 32.1 Å². The standard InChI is InChI=1S/C21H24N2O2S/c24-20(19-6-3-13-26-19)22-18-9-7-16(8-10-18)21(25)23-12-11-15-4-1-2-5-17(15)14-23/h3,6-10,13,15,17H,1-2,4-5,11-12,14H2,(H,22,24)/t15-,17+/m1/s1. The van der Waals surface area contributed by atoms with Crippen molar-refractivity contribution in [3.05, 3.63) is 52.2 Å². The molecule has 1 aliphatic carbocycles. The molecule has 1 N–H and O–H groups in total. The van der Waals surface area contributed by atoms with Crippen molar-refractivity contribution in [2.75, 3.05) is 18.4 Å². The number of nitrogens with zero attached hydrogens (tertiary/aromatic N) is 1. The van der Waals surface area contributed by atoms with E-state index in [4.69, 9.17) is 0 Å². The largest absolute Gasteiger partial charge is 0.338 e. The molecule has 4 nitrogen and oxygen atoms in total. The highest BCUT2D eigenvalue weighted by Crippen LogP contribution is 2.36. The lowest BCUT2D eigenvalue weighted by molar-refractivity contribution is 0.0521. The highest BCUT2D eigenvalue weighted by Gasteiger charge is 2.33. The summed E-state index contributed by atoms with van der Waals surface area (Å²) >= 11 is 1.41. The van der Waals surface area contributed by atoms with E-state index in [1.54, 1.807) is 6.07 Å². The Bertz CT molecular complexity index is 770. The smallest absolute Gasteiger partial charge is 0.265 e. The van der Waals surface area contributed by atoms with Gasteiger partial charge in [0.15, 0.2) is 0 Å². The minimum atomic E-state index is -0.113. The highest BCUT2D eigenvalue weighted by molar-refractivity contribution is 7.12. The van der Waals surface area contributed by atoms with Gasteiger partial charge in [-0.2, -0.15) is 0 Å². The number of piperidine rings is 1. The molecule has 5 heteroatoms. The number of anilines is 1. The van der Waals surface area contributed by atoms with Gasteiger partial charge in [-0.1, -0.05) is 25.3 Å². The van der Waals surface area contributed by atoms with Gasteiger partial charge >= 0.3 is 0 Å². The first-order chi connectivity index (χ1) is 12.7. The Hall–Kier alpha value is -2.14. The summed E-state index contributed by atoms with van der Waals surface area (Å²) in [6.07, 6.45) is 6.41. The van der Waals surface area contributed by atoms with E-state index in [9.17, 15) is 9.59 Å². The number of carbonyl (C=O) groups excluding carboxylic acids is 2. The zero-order valence-corrected chi connectivity index (χ0v) is 15.6. The third-order valence-corrected chi connectivity index (χ3v) is 6.58. The summed E-state index contributed by atoms with van der Waals surface area (Å²) in [5.41, 5.74) is 1.42. The molecule has 136 valence electrons. The number of hydrogen-bond acceptors (Lipinski definition) is 3. The van der Waals surface area contributed by atoms with Crippen molar-refractivity contribution in [2.24, 2.45) is 11.8 Å². The molecule has 1 aromatic heterocycles.